The zero-order chi connectivity index (χ0) is 12.2. The van der Waals surface area contributed by atoms with Crippen LogP contribution in [0.1, 0.15) is 30.8 Å². The van der Waals surface area contributed by atoms with Crippen LogP contribution in [0.2, 0.25) is 0 Å². The summed E-state index contributed by atoms with van der Waals surface area (Å²) in [5.74, 6) is 0.511. The van der Waals surface area contributed by atoms with Crippen molar-refractivity contribution in [3.8, 4) is 0 Å². The van der Waals surface area contributed by atoms with Gasteiger partial charge in [0.25, 0.3) is 5.91 Å². The molecule has 0 atom stereocenters. The van der Waals surface area contributed by atoms with E-state index in [1.54, 1.807) is 24.1 Å². The molecule has 5 heteroatoms. The number of nitrogens with zero attached hydrogens (tertiary/aromatic N) is 2. The molecular formula is C11H18ClN3O. The monoisotopic (exact) mass is 243 g/mol. The number of nitrogens with one attached hydrogen (secondary N) is 1. The first-order valence-corrected chi connectivity index (χ1v) is 5.80. The fourth-order valence-electron chi connectivity index (χ4n) is 1.33. The van der Waals surface area contributed by atoms with Gasteiger partial charge in [-0.2, -0.15) is 0 Å². The molecule has 0 saturated heterocycles. The number of aromatic nitrogens is 2. The molecule has 0 bridgehead atoms. The fourth-order valence-corrected chi connectivity index (χ4v) is 1.84. The highest BCUT2D eigenvalue weighted by Gasteiger charge is 2.19. The highest BCUT2D eigenvalue weighted by atomic mass is 35.5. The maximum Gasteiger partial charge on any atom is 0.269 e. The number of halogens is 1. The van der Waals surface area contributed by atoms with Gasteiger partial charge in [-0.1, -0.05) is 13.8 Å². The number of hydrogen-bond acceptors (Lipinski definition) is 2. The Kier molecular flexibility index (Phi) is 4.35. The lowest BCUT2D eigenvalue weighted by molar-refractivity contribution is 0.0927. The molecule has 0 unspecified atom stereocenters. The molecule has 4 nitrogen and oxygen atoms in total. The molecular weight excluding hydrogens is 226 g/mol. The molecule has 1 amide bonds. The van der Waals surface area contributed by atoms with Crippen molar-refractivity contribution in [2.75, 3.05) is 12.4 Å². The lowest BCUT2D eigenvalue weighted by atomic mass is 9.90. The minimum atomic E-state index is -0.0948. The Morgan fingerprint density at radius 1 is 1.62 bits per heavy atom. The summed E-state index contributed by atoms with van der Waals surface area (Å²) in [5.41, 5.74) is 0.595. The van der Waals surface area contributed by atoms with Gasteiger partial charge >= 0.3 is 0 Å². The molecule has 0 aliphatic carbocycles. The fraction of sp³-hybridized carbons (Fsp3) is 0.636. The van der Waals surface area contributed by atoms with Crippen molar-refractivity contribution < 1.29 is 4.79 Å². The lowest BCUT2D eigenvalue weighted by Crippen LogP contribution is -2.35. The number of rotatable bonds is 5. The summed E-state index contributed by atoms with van der Waals surface area (Å²) in [6, 6.07) is 0. The number of alkyl halides is 1. The van der Waals surface area contributed by atoms with E-state index in [9.17, 15) is 4.79 Å². The van der Waals surface area contributed by atoms with E-state index < -0.39 is 0 Å². The van der Waals surface area contributed by atoms with Crippen molar-refractivity contribution in [2.24, 2.45) is 12.5 Å². The molecule has 1 N–H and O–H groups in total. The average molecular weight is 244 g/mol. The maximum absolute atomic E-state index is 11.8. The van der Waals surface area contributed by atoms with Crippen LogP contribution < -0.4 is 5.32 Å². The standard InChI is InChI=1S/C11H18ClN3O/c1-11(2,4-5-12)7-14-10(16)9-6-13-8-15(9)3/h6,8H,4-5,7H2,1-3H3,(H,14,16). The van der Waals surface area contributed by atoms with Gasteiger partial charge in [0.05, 0.1) is 12.5 Å². The number of amides is 1. The van der Waals surface area contributed by atoms with Gasteiger partial charge in [-0.3, -0.25) is 4.79 Å². The minimum Gasteiger partial charge on any atom is -0.350 e. The van der Waals surface area contributed by atoms with Gasteiger partial charge in [-0.05, 0) is 11.8 Å². The predicted octanol–water partition coefficient (Wildman–Crippen LogP) is 1.80. The van der Waals surface area contributed by atoms with Gasteiger partial charge in [-0.25, -0.2) is 4.98 Å². The van der Waals surface area contributed by atoms with Gasteiger partial charge in [-0.15, -0.1) is 11.6 Å². The number of aryl methyl sites for hydroxylation is 1. The summed E-state index contributed by atoms with van der Waals surface area (Å²) < 4.78 is 1.70. The number of carbonyl (C=O) groups is 1. The van der Waals surface area contributed by atoms with Crippen molar-refractivity contribution in [3.05, 3.63) is 18.2 Å². The molecule has 1 aromatic heterocycles. The molecule has 0 fully saturated rings. The third kappa shape index (κ3) is 3.52. The second-order valence-corrected chi connectivity index (χ2v) is 5.05. The Hall–Kier alpha value is -1.03. The van der Waals surface area contributed by atoms with Crippen LogP contribution in [0.5, 0.6) is 0 Å². The quantitative estimate of drug-likeness (QED) is 0.802. The summed E-state index contributed by atoms with van der Waals surface area (Å²) in [6.07, 6.45) is 4.04. The van der Waals surface area contributed by atoms with E-state index in [4.69, 9.17) is 11.6 Å². The Balaban J connectivity index is 2.51. The topological polar surface area (TPSA) is 46.9 Å². The molecule has 0 spiro atoms. The molecule has 16 heavy (non-hydrogen) atoms. The highest BCUT2D eigenvalue weighted by Crippen LogP contribution is 2.19. The van der Waals surface area contributed by atoms with Crippen LogP contribution >= 0.6 is 11.6 Å². The summed E-state index contributed by atoms with van der Waals surface area (Å²) in [5, 5.41) is 2.89. The van der Waals surface area contributed by atoms with Gasteiger partial charge in [0.2, 0.25) is 0 Å². The third-order valence-electron chi connectivity index (χ3n) is 2.55. The van der Waals surface area contributed by atoms with Crippen molar-refractivity contribution in [1.29, 1.82) is 0 Å². The van der Waals surface area contributed by atoms with Crippen molar-refractivity contribution >= 4 is 17.5 Å². The van der Waals surface area contributed by atoms with E-state index in [0.717, 1.165) is 6.42 Å². The van der Waals surface area contributed by atoms with Gasteiger partial charge < -0.3 is 9.88 Å². The summed E-state index contributed by atoms with van der Waals surface area (Å²) in [4.78, 5) is 15.7. The smallest absolute Gasteiger partial charge is 0.269 e. The first-order chi connectivity index (χ1) is 7.46. The minimum absolute atomic E-state index is 0.0238. The van der Waals surface area contributed by atoms with Crippen LogP contribution in [-0.4, -0.2) is 27.9 Å². The predicted molar refractivity (Wildman–Crippen MR) is 64.7 cm³/mol. The second-order valence-electron chi connectivity index (χ2n) is 4.68. The molecule has 1 aromatic rings. The Labute approximate surface area is 101 Å². The summed E-state index contributed by atoms with van der Waals surface area (Å²) in [7, 11) is 1.80. The average Bonchev–Trinajstić information content (AvgIpc) is 2.61. The molecule has 1 rings (SSSR count). The first kappa shape index (κ1) is 13.0. The number of hydrogen-bond donors (Lipinski definition) is 1. The SMILES string of the molecule is Cn1cncc1C(=O)NCC(C)(C)CCCl. The molecule has 0 aliphatic rings. The Morgan fingerprint density at radius 2 is 2.31 bits per heavy atom. The first-order valence-electron chi connectivity index (χ1n) is 5.27. The largest absolute Gasteiger partial charge is 0.350 e. The summed E-state index contributed by atoms with van der Waals surface area (Å²) in [6.45, 7) is 4.78. The number of carbonyl (C=O) groups excluding carboxylic acids is 1. The second kappa shape index (κ2) is 5.34. The van der Waals surface area contributed by atoms with Crippen molar-refractivity contribution in [3.63, 3.8) is 0 Å². The zero-order valence-corrected chi connectivity index (χ0v) is 10.7. The van der Waals surface area contributed by atoms with Gasteiger partial charge in [0.15, 0.2) is 0 Å². The van der Waals surface area contributed by atoms with Crippen LogP contribution in [-0.2, 0) is 7.05 Å². The molecule has 90 valence electrons. The van der Waals surface area contributed by atoms with E-state index in [0.29, 0.717) is 18.1 Å². The zero-order valence-electron chi connectivity index (χ0n) is 9.96. The third-order valence-corrected chi connectivity index (χ3v) is 2.74. The van der Waals surface area contributed by atoms with Crippen LogP contribution in [0.4, 0.5) is 0 Å². The maximum atomic E-state index is 11.8. The molecule has 0 aromatic carbocycles. The Morgan fingerprint density at radius 3 is 2.81 bits per heavy atom. The molecule has 0 saturated carbocycles. The Bertz CT molecular complexity index is 360. The van der Waals surface area contributed by atoms with Crippen molar-refractivity contribution in [1.82, 2.24) is 14.9 Å². The van der Waals surface area contributed by atoms with E-state index in [2.05, 4.69) is 24.1 Å². The van der Waals surface area contributed by atoms with E-state index >= 15 is 0 Å². The van der Waals surface area contributed by atoms with Crippen LogP contribution in [0.25, 0.3) is 0 Å². The summed E-state index contributed by atoms with van der Waals surface area (Å²) >= 11 is 5.70. The number of imidazole rings is 1. The van der Waals surface area contributed by atoms with Gasteiger partial charge in [0, 0.05) is 19.5 Å². The molecule has 1 heterocycles. The molecule has 0 aliphatic heterocycles. The van der Waals surface area contributed by atoms with Crippen molar-refractivity contribution in [2.45, 2.75) is 20.3 Å². The van der Waals surface area contributed by atoms with Gasteiger partial charge in [0.1, 0.15) is 5.69 Å². The van der Waals surface area contributed by atoms with Crippen LogP contribution in [0.3, 0.4) is 0 Å². The highest BCUT2D eigenvalue weighted by molar-refractivity contribution is 6.17. The van der Waals surface area contributed by atoms with E-state index in [-0.39, 0.29) is 11.3 Å². The molecule has 0 radical (unpaired) electrons. The van der Waals surface area contributed by atoms with Crippen LogP contribution in [0, 0.1) is 5.41 Å². The lowest BCUT2D eigenvalue weighted by Gasteiger charge is -2.23. The normalized spacial score (nSPS) is 11.5. The van der Waals surface area contributed by atoms with E-state index in [1.165, 1.54) is 0 Å². The van der Waals surface area contributed by atoms with E-state index in [1.807, 2.05) is 0 Å². The van der Waals surface area contributed by atoms with Crippen LogP contribution in [0.15, 0.2) is 12.5 Å².